The quantitative estimate of drug-likeness (QED) is 0.153. The summed E-state index contributed by atoms with van der Waals surface area (Å²) < 4.78 is 1.68. The zero-order valence-electron chi connectivity index (χ0n) is 17.4. The highest BCUT2D eigenvalue weighted by Crippen LogP contribution is 2.24. The smallest absolute Gasteiger partial charge is 0.196 e. The van der Waals surface area contributed by atoms with Gasteiger partial charge in [-0.2, -0.15) is 0 Å². The summed E-state index contributed by atoms with van der Waals surface area (Å²) >= 11 is 21.1. The highest BCUT2D eigenvalue weighted by molar-refractivity contribution is 9.11. The van der Waals surface area contributed by atoms with Crippen LogP contribution in [0.15, 0.2) is 92.5 Å². The topological polar surface area (TPSA) is 34.1 Å². The maximum absolute atomic E-state index is 11.8. The molecule has 0 aliphatic heterocycles. The van der Waals surface area contributed by atoms with Gasteiger partial charge in [-0.15, -0.1) is 22.7 Å². The van der Waals surface area contributed by atoms with Gasteiger partial charge in [0.1, 0.15) is 0 Å². The summed E-state index contributed by atoms with van der Waals surface area (Å²) in [4.78, 5) is 25.1. The SMILES string of the molecule is O=C(/C=C/c1ccc(Cl)cc1)c1sccc1Br.O=C(/C=C/c1ccc(Cl)cc1)c1sccc1Br. The fraction of sp³-hybridized carbons (Fsp3) is 0. The van der Waals surface area contributed by atoms with Crippen LogP contribution < -0.4 is 0 Å². The van der Waals surface area contributed by atoms with Gasteiger partial charge in [0.2, 0.25) is 0 Å². The van der Waals surface area contributed by atoms with Gasteiger partial charge in [-0.05, 0) is 102 Å². The van der Waals surface area contributed by atoms with Crippen LogP contribution >= 0.6 is 77.7 Å². The second-order valence-corrected chi connectivity index (χ2v) is 11.1. The largest absolute Gasteiger partial charge is 0.288 e. The molecule has 0 radical (unpaired) electrons. The number of carbonyl (C=O) groups excluding carboxylic acids is 2. The predicted molar refractivity (Wildman–Crippen MR) is 154 cm³/mol. The van der Waals surface area contributed by atoms with Crippen LogP contribution in [0, 0.1) is 0 Å². The lowest BCUT2D eigenvalue weighted by Gasteiger charge is -1.94. The lowest BCUT2D eigenvalue weighted by molar-refractivity contribution is 0.104. The molecule has 2 aromatic carbocycles. The van der Waals surface area contributed by atoms with Crippen molar-refractivity contribution in [1.82, 2.24) is 0 Å². The van der Waals surface area contributed by atoms with Crippen LogP contribution in [0.2, 0.25) is 10.0 Å². The summed E-state index contributed by atoms with van der Waals surface area (Å²) in [6.45, 7) is 0. The fourth-order valence-corrected chi connectivity index (χ4v) is 5.81. The third-order valence-electron chi connectivity index (χ3n) is 4.28. The Morgan fingerprint density at radius 2 is 0.971 bits per heavy atom. The standard InChI is InChI=1S/2C13H8BrClOS/c2*14-11-7-8-17-13(11)12(16)6-3-9-1-4-10(15)5-2-9/h2*1-8H/b2*6-3+. The predicted octanol–water partition coefficient (Wildman–Crippen LogP) is 10.1. The summed E-state index contributed by atoms with van der Waals surface area (Å²) in [5.74, 6) is 0.00338. The summed E-state index contributed by atoms with van der Waals surface area (Å²) in [7, 11) is 0. The van der Waals surface area contributed by atoms with E-state index >= 15 is 0 Å². The first-order valence-electron chi connectivity index (χ1n) is 9.75. The molecule has 2 nitrogen and oxygen atoms in total. The van der Waals surface area contributed by atoms with Crippen molar-refractivity contribution < 1.29 is 9.59 Å². The number of thiophene rings is 2. The lowest BCUT2D eigenvalue weighted by atomic mass is 10.2. The van der Waals surface area contributed by atoms with Crippen LogP contribution in [0.4, 0.5) is 0 Å². The first-order chi connectivity index (χ1) is 16.3. The Bertz CT molecular complexity index is 1220. The Kier molecular flexibility index (Phi) is 10.5. The normalized spacial score (nSPS) is 10.9. The maximum Gasteiger partial charge on any atom is 0.196 e. The number of halogens is 4. The molecule has 34 heavy (non-hydrogen) atoms. The van der Waals surface area contributed by atoms with Gasteiger partial charge in [-0.1, -0.05) is 59.6 Å². The molecule has 8 heteroatoms. The molecule has 0 aliphatic carbocycles. The molecule has 0 N–H and O–H groups in total. The van der Waals surface area contributed by atoms with Crippen LogP contribution in [0.5, 0.6) is 0 Å². The van der Waals surface area contributed by atoms with Crippen molar-refractivity contribution in [2.75, 3.05) is 0 Å². The summed E-state index contributed by atoms with van der Waals surface area (Å²) in [6, 6.07) is 18.4. The summed E-state index contributed by atoms with van der Waals surface area (Å²) in [5, 5.41) is 5.14. The number of carbonyl (C=O) groups is 2. The average molecular weight is 655 g/mol. The average Bonchev–Trinajstić information content (AvgIpc) is 3.46. The molecule has 2 aromatic heterocycles. The van der Waals surface area contributed by atoms with E-state index in [0.717, 1.165) is 29.8 Å². The molecule has 0 aliphatic rings. The van der Waals surface area contributed by atoms with Crippen molar-refractivity contribution in [1.29, 1.82) is 0 Å². The number of allylic oxidation sites excluding steroid dienone is 2. The van der Waals surface area contributed by atoms with Crippen molar-refractivity contribution in [3.8, 4) is 0 Å². The van der Waals surface area contributed by atoms with Crippen LogP contribution in [-0.4, -0.2) is 11.6 Å². The highest BCUT2D eigenvalue weighted by atomic mass is 79.9. The van der Waals surface area contributed by atoms with Gasteiger partial charge in [0.25, 0.3) is 0 Å². The molecule has 172 valence electrons. The number of ketones is 2. The van der Waals surface area contributed by atoms with E-state index in [1.165, 1.54) is 22.7 Å². The van der Waals surface area contributed by atoms with E-state index in [1.54, 1.807) is 48.6 Å². The van der Waals surface area contributed by atoms with Crippen molar-refractivity contribution in [2.24, 2.45) is 0 Å². The van der Waals surface area contributed by atoms with E-state index in [-0.39, 0.29) is 11.6 Å². The molecule has 0 amide bonds. The van der Waals surface area contributed by atoms with Gasteiger partial charge in [0.15, 0.2) is 11.6 Å². The Balaban J connectivity index is 0.000000191. The zero-order chi connectivity index (χ0) is 24.5. The molecule has 4 rings (SSSR count). The molecule has 4 aromatic rings. The van der Waals surface area contributed by atoms with E-state index in [4.69, 9.17) is 23.2 Å². The van der Waals surface area contributed by atoms with Crippen LogP contribution in [-0.2, 0) is 0 Å². The number of hydrogen-bond donors (Lipinski definition) is 0. The van der Waals surface area contributed by atoms with Crippen LogP contribution in [0.3, 0.4) is 0 Å². The minimum absolute atomic E-state index is 0.00169. The molecule has 0 spiro atoms. The second-order valence-electron chi connectivity index (χ2n) is 6.69. The van der Waals surface area contributed by atoms with Gasteiger partial charge in [-0.3, -0.25) is 9.59 Å². The first kappa shape index (κ1) is 26.8. The van der Waals surface area contributed by atoms with Gasteiger partial charge in [-0.25, -0.2) is 0 Å². The molecule has 0 atom stereocenters. The Hall–Kier alpha value is -1.80. The molecule has 0 unspecified atom stereocenters. The molecular formula is C26H16Br2Cl2O2S2. The minimum Gasteiger partial charge on any atom is -0.288 e. The molecule has 0 saturated heterocycles. The Morgan fingerprint density at radius 3 is 1.26 bits per heavy atom. The van der Waals surface area contributed by atoms with Crippen molar-refractivity contribution in [2.45, 2.75) is 0 Å². The highest BCUT2D eigenvalue weighted by Gasteiger charge is 2.08. The van der Waals surface area contributed by atoms with E-state index in [9.17, 15) is 9.59 Å². The fourth-order valence-electron chi connectivity index (χ4n) is 2.58. The minimum atomic E-state index is 0.00169. The Morgan fingerprint density at radius 1 is 0.618 bits per heavy atom. The zero-order valence-corrected chi connectivity index (χ0v) is 23.7. The van der Waals surface area contributed by atoms with Crippen molar-refractivity contribution >= 4 is 101 Å². The maximum atomic E-state index is 11.8. The number of hydrogen-bond acceptors (Lipinski definition) is 4. The lowest BCUT2D eigenvalue weighted by Crippen LogP contribution is -1.90. The van der Waals surface area contributed by atoms with Gasteiger partial charge < -0.3 is 0 Å². The monoisotopic (exact) mass is 652 g/mol. The number of rotatable bonds is 6. The van der Waals surface area contributed by atoms with Crippen LogP contribution in [0.1, 0.15) is 30.5 Å². The van der Waals surface area contributed by atoms with Gasteiger partial charge >= 0.3 is 0 Å². The van der Waals surface area contributed by atoms with Crippen molar-refractivity contribution in [3.63, 3.8) is 0 Å². The van der Waals surface area contributed by atoms with Gasteiger partial charge in [0, 0.05) is 19.0 Å². The number of benzene rings is 2. The third-order valence-corrected chi connectivity index (χ3v) is 8.48. The molecule has 0 fully saturated rings. The van der Waals surface area contributed by atoms with Crippen molar-refractivity contribution in [3.05, 3.63) is 123 Å². The molecule has 0 saturated carbocycles. The van der Waals surface area contributed by atoms with E-state index in [0.29, 0.717) is 10.0 Å². The summed E-state index contributed by atoms with van der Waals surface area (Å²) in [5.41, 5.74) is 1.91. The van der Waals surface area contributed by atoms with E-state index in [2.05, 4.69) is 31.9 Å². The van der Waals surface area contributed by atoms with Crippen LogP contribution in [0.25, 0.3) is 12.2 Å². The first-order valence-corrected chi connectivity index (χ1v) is 13.9. The van der Waals surface area contributed by atoms with E-state index < -0.39 is 0 Å². The molecular weight excluding hydrogens is 639 g/mol. The van der Waals surface area contributed by atoms with Gasteiger partial charge in [0.05, 0.1) is 9.75 Å². The van der Waals surface area contributed by atoms with E-state index in [1.807, 2.05) is 47.2 Å². The molecule has 0 bridgehead atoms. The second kappa shape index (κ2) is 13.3. The summed E-state index contributed by atoms with van der Waals surface area (Å²) in [6.07, 6.45) is 6.70. The Labute approximate surface area is 232 Å². The molecule has 2 heterocycles. The third kappa shape index (κ3) is 8.15.